The van der Waals surface area contributed by atoms with Gasteiger partial charge in [-0.25, -0.2) is 0 Å². The van der Waals surface area contributed by atoms with Crippen LogP contribution in [0.1, 0.15) is 35.8 Å². The topological polar surface area (TPSA) is 54.7 Å². The summed E-state index contributed by atoms with van der Waals surface area (Å²) in [7, 11) is 0. The number of fused-ring (bicyclic) bond motifs is 1. The second kappa shape index (κ2) is 5.81. The van der Waals surface area contributed by atoms with Crippen molar-refractivity contribution in [1.29, 1.82) is 0 Å². The molecule has 2 aromatic heterocycles. The maximum atomic E-state index is 13.1. The highest BCUT2D eigenvalue weighted by molar-refractivity contribution is 7.15. The summed E-state index contributed by atoms with van der Waals surface area (Å²) >= 11 is 1.35. The summed E-state index contributed by atoms with van der Waals surface area (Å²) in [5, 5.41) is 1.83. The van der Waals surface area contributed by atoms with Gasteiger partial charge in [0.25, 0.3) is 11.5 Å². The molecule has 25 heavy (non-hydrogen) atoms. The molecule has 0 aliphatic carbocycles. The molecule has 1 fully saturated rings. The van der Waals surface area contributed by atoms with Crippen LogP contribution in [0.15, 0.2) is 52.8 Å². The minimum Gasteiger partial charge on any atom is -0.336 e. The first kappa shape index (κ1) is 16.0. The van der Waals surface area contributed by atoms with Gasteiger partial charge in [0.1, 0.15) is 5.69 Å². The smallest absolute Gasteiger partial charge is 0.274 e. The third-order valence-electron chi connectivity index (χ3n) is 4.97. The van der Waals surface area contributed by atoms with Gasteiger partial charge in [-0.2, -0.15) is 4.98 Å². The maximum Gasteiger partial charge on any atom is 0.274 e. The molecule has 0 unspecified atom stereocenters. The van der Waals surface area contributed by atoms with E-state index in [1.54, 1.807) is 10.6 Å². The Morgan fingerprint density at radius 3 is 2.80 bits per heavy atom. The molecule has 1 aliphatic rings. The van der Waals surface area contributed by atoms with E-state index in [0.29, 0.717) is 23.7 Å². The highest BCUT2D eigenvalue weighted by atomic mass is 32.1. The number of thiazole rings is 1. The summed E-state index contributed by atoms with van der Waals surface area (Å²) in [6.45, 7) is 5.69. The van der Waals surface area contributed by atoms with Crippen LogP contribution in [0.2, 0.25) is 0 Å². The monoisotopic (exact) mass is 353 g/mol. The number of hydrogen-bond donors (Lipinski definition) is 0. The largest absolute Gasteiger partial charge is 0.336 e. The third-order valence-corrected chi connectivity index (χ3v) is 5.72. The molecule has 0 spiro atoms. The van der Waals surface area contributed by atoms with Crippen molar-refractivity contribution < 1.29 is 4.79 Å². The Balaban J connectivity index is 1.69. The zero-order valence-corrected chi connectivity index (χ0v) is 15.0. The van der Waals surface area contributed by atoms with Gasteiger partial charge in [0.2, 0.25) is 0 Å². The van der Waals surface area contributed by atoms with Crippen LogP contribution in [-0.2, 0) is 0 Å². The summed E-state index contributed by atoms with van der Waals surface area (Å²) in [5.74, 6) is 0.161. The number of benzene rings is 1. The van der Waals surface area contributed by atoms with Gasteiger partial charge in [-0.05, 0) is 11.0 Å². The quantitative estimate of drug-likeness (QED) is 0.712. The zero-order valence-electron chi connectivity index (χ0n) is 14.2. The van der Waals surface area contributed by atoms with E-state index in [1.165, 1.54) is 23.0 Å². The Labute approximate surface area is 149 Å². The van der Waals surface area contributed by atoms with Crippen LogP contribution >= 0.6 is 11.3 Å². The van der Waals surface area contributed by atoms with Gasteiger partial charge in [-0.1, -0.05) is 44.2 Å². The fraction of sp³-hybridized carbons (Fsp3) is 0.316. The lowest BCUT2D eigenvalue weighted by atomic mass is 9.78. The maximum absolute atomic E-state index is 13.1. The number of hydrogen-bond acceptors (Lipinski definition) is 4. The van der Waals surface area contributed by atoms with Crippen LogP contribution in [-0.4, -0.2) is 33.3 Å². The number of amides is 1. The first-order valence-electron chi connectivity index (χ1n) is 8.27. The summed E-state index contributed by atoms with van der Waals surface area (Å²) in [6.07, 6.45) is 1.79. The van der Waals surface area contributed by atoms with Crippen molar-refractivity contribution in [2.24, 2.45) is 5.41 Å². The van der Waals surface area contributed by atoms with Crippen LogP contribution in [0, 0.1) is 5.41 Å². The second-order valence-corrected chi connectivity index (χ2v) is 8.05. The predicted octanol–water partition coefficient (Wildman–Crippen LogP) is 3.02. The molecule has 1 atom stereocenters. The van der Waals surface area contributed by atoms with E-state index >= 15 is 0 Å². The van der Waals surface area contributed by atoms with Crippen molar-refractivity contribution in [3.63, 3.8) is 0 Å². The van der Waals surface area contributed by atoms with Crippen molar-refractivity contribution in [3.05, 3.63) is 69.6 Å². The molecule has 5 nitrogen and oxygen atoms in total. The van der Waals surface area contributed by atoms with Gasteiger partial charge in [-0.3, -0.25) is 14.0 Å². The van der Waals surface area contributed by atoms with E-state index in [4.69, 9.17) is 0 Å². The summed E-state index contributed by atoms with van der Waals surface area (Å²) in [4.78, 5) is 31.3. The van der Waals surface area contributed by atoms with Crippen molar-refractivity contribution in [3.8, 4) is 0 Å². The van der Waals surface area contributed by atoms with Crippen LogP contribution in [0.25, 0.3) is 4.96 Å². The molecule has 3 aromatic rings. The standard InChI is InChI=1S/C19H19N3O2S/c1-19(2)12-21(11-14(19)13-6-4-3-5-7-13)17(24)15-10-16(23)20-18-22(15)8-9-25-18/h3-10,14H,11-12H2,1-2H3/t14-/m0/s1. The Morgan fingerprint density at radius 1 is 1.28 bits per heavy atom. The van der Waals surface area contributed by atoms with Crippen molar-refractivity contribution >= 4 is 22.2 Å². The average molecular weight is 353 g/mol. The van der Waals surface area contributed by atoms with Crippen LogP contribution in [0.5, 0.6) is 0 Å². The second-order valence-electron chi connectivity index (χ2n) is 7.17. The molecule has 128 valence electrons. The fourth-order valence-corrected chi connectivity index (χ4v) is 4.43. The van der Waals surface area contributed by atoms with E-state index in [-0.39, 0.29) is 22.8 Å². The third kappa shape index (κ3) is 2.76. The zero-order chi connectivity index (χ0) is 17.6. The van der Waals surface area contributed by atoms with Crippen molar-refractivity contribution in [2.75, 3.05) is 13.1 Å². The van der Waals surface area contributed by atoms with Gasteiger partial charge in [0.05, 0.1) is 0 Å². The van der Waals surface area contributed by atoms with Crippen LogP contribution in [0.4, 0.5) is 0 Å². The highest BCUT2D eigenvalue weighted by Gasteiger charge is 2.42. The summed E-state index contributed by atoms with van der Waals surface area (Å²) in [6, 6.07) is 11.7. The molecule has 1 aliphatic heterocycles. The predicted molar refractivity (Wildman–Crippen MR) is 98.2 cm³/mol. The normalized spacial score (nSPS) is 19.4. The molecular weight excluding hydrogens is 334 g/mol. The lowest BCUT2D eigenvalue weighted by Gasteiger charge is -2.25. The number of rotatable bonds is 2. The van der Waals surface area contributed by atoms with E-state index in [0.717, 1.165) is 0 Å². The van der Waals surface area contributed by atoms with Gasteiger partial charge >= 0.3 is 0 Å². The van der Waals surface area contributed by atoms with Crippen LogP contribution < -0.4 is 5.56 Å². The van der Waals surface area contributed by atoms with Crippen molar-refractivity contribution in [2.45, 2.75) is 19.8 Å². The Morgan fingerprint density at radius 2 is 2.04 bits per heavy atom. The summed E-state index contributed by atoms with van der Waals surface area (Å²) in [5.41, 5.74) is 1.24. The average Bonchev–Trinajstić information content (AvgIpc) is 3.17. The molecule has 0 radical (unpaired) electrons. The SMILES string of the molecule is CC1(C)CN(C(=O)c2cc(=O)nc3sccn23)C[C@H]1c1ccccc1. The van der Waals surface area contributed by atoms with Gasteiger partial charge in [-0.15, -0.1) is 11.3 Å². The van der Waals surface area contributed by atoms with E-state index in [2.05, 4.69) is 31.0 Å². The first-order valence-corrected chi connectivity index (χ1v) is 9.15. The number of nitrogens with zero attached hydrogens (tertiary/aromatic N) is 3. The van der Waals surface area contributed by atoms with Gasteiger partial charge in [0.15, 0.2) is 4.96 Å². The molecule has 3 heterocycles. The van der Waals surface area contributed by atoms with E-state index in [1.807, 2.05) is 28.5 Å². The molecule has 0 N–H and O–H groups in total. The molecular formula is C19H19N3O2S. The number of aromatic nitrogens is 2. The van der Waals surface area contributed by atoms with E-state index < -0.39 is 0 Å². The molecule has 1 saturated heterocycles. The minimum atomic E-state index is -0.371. The fourth-order valence-electron chi connectivity index (χ4n) is 3.71. The molecule has 0 saturated carbocycles. The summed E-state index contributed by atoms with van der Waals surface area (Å²) < 4.78 is 1.71. The van der Waals surface area contributed by atoms with Crippen molar-refractivity contribution in [1.82, 2.24) is 14.3 Å². The minimum absolute atomic E-state index is 0.0250. The molecule has 4 rings (SSSR count). The number of likely N-dealkylation sites (tertiary alicyclic amines) is 1. The Kier molecular flexibility index (Phi) is 3.72. The lowest BCUT2D eigenvalue weighted by Crippen LogP contribution is -2.32. The molecule has 1 amide bonds. The Bertz CT molecular complexity index is 991. The Hall–Kier alpha value is -2.47. The first-order chi connectivity index (χ1) is 12.0. The highest BCUT2D eigenvalue weighted by Crippen LogP contribution is 2.42. The van der Waals surface area contributed by atoms with Gasteiger partial charge < -0.3 is 4.90 Å². The molecule has 1 aromatic carbocycles. The molecule has 0 bridgehead atoms. The molecule has 6 heteroatoms. The van der Waals surface area contributed by atoms with E-state index in [9.17, 15) is 9.59 Å². The number of carbonyl (C=O) groups excluding carboxylic acids is 1. The lowest BCUT2D eigenvalue weighted by molar-refractivity contribution is 0.0770. The van der Waals surface area contributed by atoms with Crippen LogP contribution in [0.3, 0.4) is 0 Å². The number of carbonyl (C=O) groups is 1. The van der Waals surface area contributed by atoms with Gasteiger partial charge in [0, 0.05) is 36.7 Å².